The van der Waals surface area contributed by atoms with Gasteiger partial charge in [-0.15, -0.1) is 0 Å². The second-order valence-electron chi connectivity index (χ2n) is 6.18. The molecule has 2 aromatic carbocycles. The summed E-state index contributed by atoms with van der Waals surface area (Å²) >= 11 is 1.97. The van der Waals surface area contributed by atoms with E-state index in [1.54, 1.807) is 0 Å². The first-order chi connectivity index (χ1) is 14.5. The van der Waals surface area contributed by atoms with Crippen molar-refractivity contribution in [3.63, 3.8) is 0 Å². The molecule has 2 bridgehead atoms. The lowest BCUT2D eigenvalue weighted by atomic mass is 9.94. The molecule has 150 valence electrons. The number of hydrogen-bond acceptors (Lipinski definition) is 8. The van der Waals surface area contributed by atoms with Crippen molar-refractivity contribution in [2.45, 2.75) is 0 Å². The van der Waals surface area contributed by atoms with Crippen molar-refractivity contribution in [1.29, 1.82) is 0 Å². The summed E-state index contributed by atoms with van der Waals surface area (Å²) in [5.74, 6) is -0.630. The summed E-state index contributed by atoms with van der Waals surface area (Å²) in [5, 5.41) is 12.3. The molecule has 0 fully saturated rings. The maximum Gasteiger partial charge on any atom is 0.301 e. The lowest BCUT2D eigenvalue weighted by Crippen LogP contribution is -2.31. The predicted octanol–water partition coefficient (Wildman–Crippen LogP) is 4.43. The van der Waals surface area contributed by atoms with Crippen LogP contribution in [0, 0.1) is 10.1 Å². The Morgan fingerprint density at radius 3 is 2.40 bits per heavy atom. The minimum atomic E-state index is -0.630. The zero-order chi connectivity index (χ0) is 21.1. The number of rotatable bonds is 6. The largest absolute Gasteiger partial charge is 0.301 e. The Bertz CT molecular complexity index is 1110. The topological polar surface area (TPSA) is 105 Å². The number of hydrogen-bond donors (Lipinski definition) is 2. The fraction of sp³-hybridized carbons (Fsp3) is 0. The van der Waals surface area contributed by atoms with Gasteiger partial charge in [-0.1, -0.05) is 36.4 Å². The summed E-state index contributed by atoms with van der Waals surface area (Å²) in [6.45, 7) is 0. The van der Waals surface area contributed by atoms with Crippen LogP contribution in [0.2, 0.25) is 0 Å². The average Bonchev–Trinajstić information content (AvgIpc) is 2.77. The molecule has 2 aliphatic rings. The van der Waals surface area contributed by atoms with Gasteiger partial charge >= 0.3 is 5.24 Å². The molecular formula is C20H14N4O4S2. The van der Waals surface area contributed by atoms with Crippen molar-refractivity contribution in [1.82, 2.24) is 13.7 Å². The number of allylic oxidation sites excluding steroid dienone is 4. The summed E-state index contributed by atoms with van der Waals surface area (Å²) in [5.41, 5.74) is 4.25. The molecule has 2 amide bonds. The fourth-order valence-electron chi connectivity index (χ4n) is 2.87. The van der Waals surface area contributed by atoms with Crippen LogP contribution in [-0.4, -0.2) is 20.4 Å². The van der Waals surface area contributed by atoms with Crippen molar-refractivity contribution < 1.29 is 14.5 Å². The molecule has 8 nitrogen and oxygen atoms in total. The minimum absolute atomic E-state index is 0.127. The summed E-state index contributed by atoms with van der Waals surface area (Å²) in [6, 6.07) is 15.0. The van der Waals surface area contributed by atoms with Crippen molar-refractivity contribution in [3.05, 3.63) is 105 Å². The second-order valence-corrected chi connectivity index (χ2v) is 7.97. The van der Waals surface area contributed by atoms with E-state index in [1.807, 2.05) is 40.7 Å². The van der Waals surface area contributed by atoms with E-state index in [1.165, 1.54) is 36.4 Å². The standard InChI is InChI=1S/C20H14N4O4S2/c25-19(14-6-8-15(9-7-14)24(27)28)21-20(26)29-22-30-23-16-10-11-17(18(23)12-16)13-4-2-1-3-5-13/h1-12,22H,(H,21,25,26). The molecule has 2 heterocycles. The molecule has 0 unspecified atom stereocenters. The Balaban J connectivity index is 1.26. The van der Waals surface area contributed by atoms with Gasteiger partial charge in [0.2, 0.25) is 0 Å². The second kappa shape index (κ2) is 8.57. The van der Waals surface area contributed by atoms with Crippen LogP contribution >= 0.6 is 24.1 Å². The molecule has 0 saturated heterocycles. The molecule has 2 N–H and O–H groups in total. The molecule has 10 heteroatoms. The number of carbonyl (C=O) groups is 2. The SMILES string of the molecule is O=C(NC(=O)c1ccc([N+](=O)[O-])cc1)SNSN1c2ccc(-c3ccccc3)c1c2. The maximum atomic E-state index is 12.1. The molecule has 0 saturated carbocycles. The highest BCUT2D eigenvalue weighted by Gasteiger charge is 2.30. The number of nitrogens with zero attached hydrogens (tertiary/aromatic N) is 2. The van der Waals surface area contributed by atoms with Crippen LogP contribution in [-0.2, 0) is 0 Å². The van der Waals surface area contributed by atoms with E-state index in [0.717, 1.165) is 34.5 Å². The van der Waals surface area contributed by atoms with Crippen molar-refractivity contribution in [2.75, 3.05) is 0 Å². The number of non-ortho nitro benzene ring substituents is 1. The summed E-state index contributed by atoms with van der Waals surface area (Å²) in [6.07, 6.45) is 6.10. The van der Waals surface area contributed by atoms with E-state index in [9.17, 15) is 19.7 Å². The lowest BCUT2D eigenvalue weighted by molar-refractivity contribution is -0.384. The van der Waals surface area contributed by atoms with Crippen molar-refractivity contribution >= 4 is 46.5 Å². The van der Waals surface area contributed by atoms with E-state index in [-0.39, 0.29) is 11.3 Å². The van der Waals surface area contributed by atoms with Gasteiger partial charge in [0.15, 0.2) is 0 Å². The van der Waals surface area contributed by atoms with Crippen LogP contribution < -0.4 is 9.44 Å². The molecule has 0 atom stereocenters. The monoisotopic (exact) mass is 438 g/mol. The number of benzene rings is 2. The number of nitrogens with one attached hydrogen (secondary N) is 2. The van der Waals surface area contributed by atoms with Gasteiger partial charge in [-0.3, -0.25) is 29.3 Å². The molecule has 0 aliphatic carbocycles. The Morgan fingerprint density at radius 1 is 1.00 bits per heavy atom. The molecule has 0 radical (unpaired) electrons. The number of fused-ring (bicyclic) bond motifs is 2. The van der Waals surface area contributed by atoms with Crippen LogP contribution in [0.25, 0.3) is 5.57 Å². The lowest BCUT2D eigenvalue weighted by Gasteiger charge is -2.38. The molecule has 30 heavy (non-hydrogen) atoms. The first-order valence-electron chi connectivity index (χ1n) is 8.71. The molecule has 2 aromatic rings. The van der Waals surface area contributed by atoms with E-state index in [2.05, 4.69) is 21.6 Å². The van der Waals surface area contributed by atoms with Gasteiger partial charge in [0, 0.05) is 35.2 Å². The normalized spacial score (nSPS) is 14.1. The third-order valence-electron chi connectivity index (χ3n) is 4.34. The van der Waals surface area contributed by atoms with Gasteiger partial charge < -0.3 is 0 Å². The quantitative estimate of drug-likeness (QED) is 0.388. The van der Waals surface area contributed by atoms with Gasteiger partial charge in [-0.05, 0) is 29.8 Å². The third kappa shape index (κ3) is 4.15. The molecule has 4 rings (SSSR count). The minimum Gasteiger partial charge on any atom is -0.282 e. The molecule has 0 aromatic heterocycles. The van der Waals surface area contributed by atoms with Gasteiger partial charge in [0.1, 0.15) is 0 Å². The smallest absolute Gasteiger partial charge is 0.282 e. The fourth-order valence-corrected chi connectivity index (χ4v) is 4.23. The summed E-state index contributed by atoms with van der Waals surface area (Å²) in [7, 11) is 0. The van der Waals surface area contributed by atoms with E-state index >= 15 is 0 Å². The zero-order valence-corrected chi connectivity index (χ0v) is 16.9. The van der Waals surface area contributed by atoms with Crippen LogP contribution in [0.15, 0.2) is 84.2 Å². The number of imide groups is 1. The predicted molar refractivity (Wildman–Crippen MR) is 117 cm³/mol. The average molecular weight is 438 g/mol. The van der Waals surface area contributed by atoms with E-state index in [0.29, 0.717) is 0 Å². The third-order valence-corrected chi connectivity index (χ3v) is 5.85. The highest BCUT2D eigenvalue weighted by atomic mass is 32.2. The molecular weight excluding hydrogens is 424 g/mol. The van der Waals surface area contributed by atoms with E-state index < -0.39 is 16.1 Å². The van der Waals surface area contributed by atoms with Gasteiger partial charge in [-0.25, -0.2) is 0 Å². The highest BCUT2D eigenvalue weighted by molar-refractivity contribution is 8.20. The van der Waals surface area contributed by atoms with Crippen LogP contribution in [0.3, 0.4) is 0 Å². The van der Waals surface area contributed by atoms with Gasteiger partial charge in [0.25, 0.3) is 11.6 Å². The maximum absolute atomic E-state index is 12.1. The van der Waals surface area contributed by atoms with Crippen LogP contribution in [0.5, 0.6) is 0 Å². The summed E-state index contributed by atoms with van der Waals surface area (Å²) in [4.78, 5) is 34.2. The Kier molecular flexibility index (Phi) is 5.70. The first-order valence-corrected chi connectivity index (χ1v) is 10.3. The van der Waals surface area contributed by atoms with Crippen LogP contribution in [0.4, 0.5) is 10.5 Å². The number of amides is 2. The number of nitro benzene ring substituents is 1. The summed E-state index contributed by atoms with van der Waals surface area (Å²) < 4.78 is 4.82. The number of nitro groups is 1. The van der Waals surface area contributed by atoms with Crippen molar-refractivity contribution in [3.8, 4) is 0 Å². The van der Waals surface area contributed by atoms with Crippen molar-refractivity contribution in [2.24, 2.45) is 0 Å². The Hall–Kier alpha value is -3.34. The highest BCUT2D eigenvalue weighted by Crippen LogP contribution is 2.44. The van der Waals surface area contributed by atoms with Gasteiger partial charge in [-0.2, -0.15) is 4.13 Å². The Morgan fingerprint density at radius 2 is 1.73 bits per heavy atom. The van der Waals surface area contributed by atoms with Gasteiger partial charge in [0.05, 0.1) is 28.5 Å². The molecule has 2 aliphatic heterocycles. The molecule has 0 spiro atoms. The van der Waals surface area contributed by atoms with Crippen LogP contribution in [0.1, 0.15) is 15.9 Å². The Labute approximate surface area is 180 Å². The van der Waals surface area contributed by atoms with E-state index in [4.69, 9.17) is 0 Å². The zero-order valence-electron chi connectivity index (χ0n) is 15.3. The first kappa shape index (κ1) is 20.0. The number of carbonyl (C=O) groups excluding carboxylic acids is 2.